The van der Waals surface area contributed by atoms with Crippen molar-refractivity contribution in [1.82, 2.24) is 4.90 Å². The van der Waals surface area contributed by atoms with Crippen molar-refractivity contribution in [3.63, 3.8) is 0 Å². The third kappa shape index (κ3) is 4.93. The molecule has 1 aliphatic heterocycles. The van der Waals surface area contributed by atoms with Gasteiger partial charge in [-0.3, -0.25) is 9.69 Å². The number of carbonyl (C=O) groups excluding carboxylic acids is 1. The summed E-state index contributed by atoms with van der Waals surface area (Å²) in [6.07, 6.45) is 0.835. The van der Waals surface area contributed by atoms with E-state index in [9.17, 15) is 9.18 Å². The number of anilines is 1. The van der Waals surface area contributed by atoms with Crippen LogP contribution in [0, 0.1) is 5.82 Å². The van der Waals surface area contributed by atoms with Gasteiger partial charge < -0.3 is 14.8 Å². The third-order valence-electron chi connectivity index (χ3n) is 3.79. The molecule has 1 heterocycles. The Bertz CT molecular complexity index is 751. The van der Waals surface area contributed by atoms with E-state index < -0.39 is 0 Å². The number of nitrogens with zero attached hydrogens (tertiary/aromatic N) is 1. The molecule has 0 fully saturated rings. The third-order valence-corrected chi connectivity index (χ3v) is 3.79. The van der Waals surface area contributed by atoms with Crippen LogP contribution < -0.4 is 14.8 Å². The highest BCUT2D eigenvalue weighted by Gasteiger charge is 2.13. The van der Waals surface area contributed by atoms with Gasteiger partial charge in [0.15, 0.2) is 11.5 Å². The van der Waals surface area contributed by atoms with Crippen LogP contribution in [0.15, 0.2) is 42.5 Å². The largest absolute Gasteiger partial charge is 0.490 e. The predicted molar refractivity (Wildman–Crippen MR) is 93.4 cm³/mol. The molecule has 3 rings (SSSR count). The van der Waals surface area contributed by atoms with Gasteiger partial charge in [0.25, 0.3) is 0 Å². The van der Waals surface area contributed by atoms with Crippen molar-refractivity contribution in [3.05, 3.63) is 53.8 Å². The number of rotatable bonds is 5. The van der Waals surface area contributed by atoms with Gasteiger partial charge in [0.2, 0.25) is 5.91 Å². The average Bonchev–Trinajstić information content (AvgIpc) is 2.79. The molecule has 0 spiro atoms. The Morgan fingerprint density at radius 2 is 1.96 bits per heavy atom. The highest BCUT2D eigenvalue weighted by molar-refractivity contribution is 5.92. The second-order valence-electron chi connectivity index (χ2n) is 6.06. The number of halogens is 1. The quantitative estimate of drug-likeness (QED) is 0.906. The van der Waals surface area contributed by atoms with Gasteiger partial charge in [-0.1, -0.05) is 12.1 Å². The maximum absolute atomic E-state index is 13.2. The molecule has 2 aromatic carbocycles. The summed E-state index contributed by atoms with van der Waals surface area (Å²) >= 11 is 0. The summed E-state index contributed by atoms with van der Waals surface area (Å²) in [4.78, 5) is 14.0. The number of hydrogen-bond acceptors (Lipinski definition) is 4. The number of benzene rings is 2. The molecule has 25 heavy (non-hydrogen) atoms. The first-order valence-electron chi connectivity index (χ1n) is 8.22. The van der Waals surface area contributed by atoms with Crippen LogP contribution in [0.25, 0.3) is 0 Å². The molecular formula is C19H21FN2O3. The van der Waals surface area contributed by atoms with Crippen molar-refractivity contribution >= 4 is 11.6 Å². The van der Waals surface area contributed by atoms with Gasteiger partial charge in [-0.05, 0) is 36.9 Å². The molecule has 0 aromatic heterocycles. The lowest BCUT2D eigenvalue weighted by atomic mass is 10.2. The minimum atomic E-state index is -0.275. The number of likely N-dealkylation sites (N-methyl/N-ethyl adjacent to an activating group) is 1. The lowest BCUT2D eigenvalue weighted by Gasteiger charge is -2.17. The van der Waals surface area contributed by atoms with Crippen molar-refractivity contribution in [2.75, 3.05) is 32.1 Å². The van der Waals surface area contributed by atoms with Crippen LogP contribution >= 0.6 is 0 Å². The number of amides is 1. The van der Waals surface area contributed by atoms with Crippen molar-refractivity contribution in [2.45, 2.75) is 13.0 Å². The number of nitrogens with one attached hydrogen (secondary N) is 1. The summed E-state index contributed by atoms with van der Waals surface area (Å²) in [5, 5.41) is 2.85. The summed E-state index contributed by atoms with van der Waals surface area (Å²) in [5.41, 5.74) is 1.49. The zero-order valence-electron chi connectivity index (χ0n) is 14.1. The van der Waals surface area contributed by atoms with Gasteiger partial charge in [0.1, 0.15) is 5.82 Å². The first-order chi connectivity index (χ1) is 12.1. The Morgan fingerprint density at radius 3 is 2.76 bits per heavy atom. The summed E-state index contributed by atoms with van der Waals surface area (Å²) in [5.74, 6) is 0.915. The van der Waals surface area contributed by atoms with E-state index in [0.29, 0.717) is 36.9 Å². The normalized spacial score (nSPS) is 13.4. The fourth-order valence-corrected chi connectivity index (χ4v) is 2.69. The number of carbonyl (C=O) groups is 1. The molecule has 0 atom stereocenters. The second-order valence-corrected chi connectivity index (χ2v) is 6.06. The molecule has 0 saturated carbocycles. The van der Waals surface area contributed by atoms with E-state index in [1.165, 1.54) is 12.1 Å². The van der Waals surface area contributed by atoms with E-state index in [0.717, 1.165) is 12.0 Å². The smallest absolute Gasteiger partial charge is 0.238 e. The molecule has 132 valence electrons. The van der Waals surface area contributed by atoms with E-state index in [1.54, 1.807) is 24.3 Å². The average molecular weight is 344 g/mol. The Kier molecular flexibility index (Phi) is 5.50. The molecule has 6 heteroatoms. The number of ether oxygens (including phenoxy) is 2. The van der Waals surface area contributed by atoms with Crippen LogP contribution in [-0.4, -0.2) is 37.6 Å². The molecule has 0 bridgehead atoms. The highest BCUT2D eigenvalue weighted by atomic mass is 19.1. The van der Waals surface area contributed by atoms with Gasteiger partial charge in [-0.2, -0.15) is 0 Å². The molecule has 1 amide bonds. The van der Waals surface area contributed by atoms with Gasteiger partial charge in [-0.25, -0.2) is 4.39 Å². The van der Waals surface area contributed by atoms with Crippen LogP contribution in [0.3, 0.4) is 0 Å². The molecule has 0 unspecified atom stereocenters. The van der Waals surface area contributed by atoms with E-state index >= 15 is 0 Å². The van der Waals surface area contributed by atoms with Crippen molar-refractivity contribution in [2.24, 2.45) is 0 Å². The van der Waals surface area contributed by atoms with Crippen LogP contribution in [0.5, 0.6) is 11.5 Å². The predicted octanol–water partition coefficient (Wildman–Crippen LogP) is 3.06. The Hall–Kier alpha value is -2.60. The molecule has 0 aliphatic carbocycles. The standard InChI is InChI=1S/C19H21FN2O3/c1-22(12-14-4-2-5-15(20)10-14)13-19(23)21-16-6-7-17-18(11-16)25-9-3-8-24-17/h2,4-7,10-11H,3,8-9,12-13H2,1H3,(H,21,23). The maximum Gasteiger partial charge on any atom is 0.238 e. The molecule has 1 aliphatic rings. The van der Waals surface area contributed by atoms with Gasteiger partial charge >= 0.3 is 0 Å². The zero-order valence-corrected chi connectivity index (χ0v) is 14.1. The van der Waals surface area contributed by atoms with Crippen molar-refractivity contribution < 1.29 is 18.7 Å². The van der Waals surface area contributed by atoms with Crippen LogP contribution in [-0.2, 0) is 11.3 Å². The Morgan fingerprint density at radius 1 is 1.16 bits per heavy atom. The van der Waals surface area contributed by atoms with Crippen molar-refractivity contribution in [3.8, 4) is 11.5 Å². The molecule has 0 saturated heterocycles. The summed E-state index contributed by atoms with van der Waals surface area (Å²) in [6, 6.07) is 11.7. The van der Waals surface area contributed by atoms with Crippen LogP contribution in [0.4, 0.5) is 10.1 Å². The Labute approximate surface area is 146 Å². The first-order valence-corrected chi connectivity index (χ1v) is 8.22. The molecule has 0 radical (unpaired) electrons. The summed E-state index contributed by atoms with van der Waals surface area (Å²) < 4.78 is 24.4. The lowest BCUT2D eigenvalue weighted by Crippen LogP contribution is -2.29. The second kappa shape index (κ2) is 7.98. The zero-order chi connectivity index (χ0) is 17.6. The first kappa shape index (κ1) is 17.2. The highest BCUT2D eigenvalue weighted by Crippen LogP contribution is 2.32. The molecule has 1 N–H and O–H groups in total. The molecule has 2 aromatic rings. The molecule has 5 nitrogen and oxygen atoms in total. The fourth-order valence-electron chi connectivity index (χ4n) is 2.69. The van der Waals surface area contributed by atoms with Gasteiger partial charge in [0.05, 0.1) is 19.8 Å². The number of hydrogen-bond donors (Lipinski definition) is 1. The number of fused-ring (bicyclic) bond motifs is 1. The van der Waals surface area contributed by atoms with E-state index in [2.05, 4.69) is 5.32 Å². The lowest BCUT2D eigenvalue weighted by molar-refractivity contribution is -0.117. The monoisotopic (exact) mass is 344 g/mol. The van der Waals surface area contributed by atoms with E-state index in [4.69, 9.17) is 9.47 Å². The van der Waals surface area contributed by atoms with E-state index in [1.807, 2.05) is 18.0 Å². The fraction of sp³-hybridized carbons (Fsp3) is 0.316. The SMILES string of the molecule is CN(CC(=O)Nc1ccc2c(c1)OCCCO2)Cc1cccc(F)c1. The topological polar surface area (TPSA) is 50.8 Å². The minimum absolute atomic E-state index is 0.145. The Balaban J connectivity index is 1.56. The van der Waals surface area contributed by atoms with Crippen LogP contribution in [0.1, 0.15) is 12.0 Å². The van der Waals surface area contributed by atoms with E-state index in [-0.39, 0.29) is 18.3 Å². The van der Waals surface area contributed by atoms with Gasteiger partial charge in [-0.15, -0.1) is 0 Å². The summed E-state index contributed by atoms with van der Waals surface area (Å²) in [7, 11) is 1.82. The molecular weight excluding hydrogens is 323 g/mol. The minimum Gasteiger partial charge on any atom is -0.490 e. The van der Waals surface area contributed by atoms with Crippen molar-refractivity contribution in [1.29, 1.82) is 0 Å². The maximum atomic E-state index is 13.2. The van der Waals surface area contributed by atoms with Crippen LogP contribution in [0.2, 0.25) is 0 Å². The van der Waals surface area contributed by atoms with Gasteiger partial charge in [0, 0.05) is 24.7 Å². The summed E-state index contributed by atoms with van der Waals surface area (Å²) in [6.45, 7) is 1.92.